The number of fused-ring (bicyclic) bond motifs is 1. The number of carboxylic acids is 1. The van der Waals surface area contributed by atoms with E-state index in [4.69, 9.17) is 5.11 Å². The number of nitrogens with zero attached hydrogens (tertiary/aromatic N) is 1. The van der Waals surface area contributed by atoms with E-state index in [0.717, 1.165) is 18.5 Å². The fraction of sp³-hybridized carbons (Fsp3) is 0.467. The molecule has 0 aromatic heterocycles. The second kappa shape index (κ2) is 4.68. The van der Waals surface area contributed by atoms with Crippen molar-refractivity contribution in [3.8, 4) is 0 Å². The highest BCUT2D eigenvalue weighted by Crippen LogP contribution is 2.33. The topological polar surface area (TPSA) is 57.6 Å². The SMILES string of the molecule is O=C(O)c1ccc2c(c1)CN(C(=O)CC1CC1)CC2. The summed E-state index contributed by atoms with van der Waals surface area (Å²) < 4.78 is 0. The normalized spacial score (nSPS) is 18.0. The zero-order chi connectivity index (χ0) is 13.4. The quantitative estimate of drug-likeness (QED) is 0.904. The van der Waals surface area contributed by atoms with Crippen LogP contribution in [0.25, 0.3) is 0 Å². The van der Waals surface area contributed by atoms with E-state index in [2.05, 4.69) is 0 Å². The van der Waals surface area contributed by atoms with Crippen LogP contribution >= 0.6 is 0 Å². The van der Waals surface area contributed by atoms with E-state index in [1.807, 2.05) is 11.0 Å². The average Bonchev–Trinajstić information content (AvgIpc) is 3.21. The van der Waals surface area contributed by atoms with Gasteiger partial charge in [-0.3, -0.25) is 4.79 Å². The first kappa shape index (κ1) is 12.2. The highest BCUT2D eigenvalue weighted by molar-refractivity contribution is 5.88. The first-order valence-corrected chi connectivity index (χ1v) is 6.76. The van der Waals surface area contributed by atoms with E-state index in [1.54, 1.807) is 12.1 Å². The molecule has 3 rings (SSSR count). The number of carbonyl (C=O) groups is 2. The van der Waals surface area contributed by atoms with Gasteiger partial charge in [0.05, 0.1) is 5.56 Å². The van der Waals surface area contributed by atoms with Gasteiger partial charge in [0, 0.05) is 19.5 Å². The van der Waals surface area contributed by atoms with Gasteiger partial charge < -0.3 is 10.0 Å². The molecule has 0 atom stereocenters. The molecule has 1 saturated carbocycles. The summed E-state index contributed by atoms with van der Waals surface area (Å²) in [5.74, 6) is -0.0997. The van der Waals surface area contributed by atoms with Crippen molar-refractivity contribution >= 4 is 11.9 Å². The molecule has 1 aliphatic carbocycles. The number of carbonyl (C=O) groups excluding carboxylic acids is 1. The minimum atomic E-state index is -0.913. The van der Waals surface area contributed by atoms with Crippen molar-refractivity contribution in [1.29, 1.82) is 0 Å². The summed E-state index contributed by atoms with van der Waals surface area (Å²) in [7, 11) is 0. The molecule has 1 aromatic carbocycles. The van der Waals surface area contributed by atoms with Gasteiger partial charge in [0.15, 0.2) is 0 Å². The van der Waals surface area contributed by atoms with E-state index in [1.165, 1.54) is 18.4 Å². The predicted octanol–water partition coefficient (Wildman–Crippen LogP) is 2.07. The molecular formula is C15H17NO3. The Balaban J connectivity index is 1.75. The van der Waals surface area contributed by atoms with Crippen LogP contribution in [0, 0.1) is 5.92 Å². The van der Waals surface area contributed by atoms with E-state index in [-0.39, 0.29) is 5.91 Å². The van der Waals surface area contributed by atoms with Gasteiger partial charge in [-0.25, -0.2) is 4.79 Å². The third-order valence-corrected chi connectivity index (χ3v) is 3.98. The van der Waals surface area contributed by atoms with Gasteiger partial charge in [0.25, 0.3) is 0 Å². The van der Waals surface area contributed by atoms with Crippen LogP contribution < -0.4 is 0 Å². The van der Waals surface area contributed by atoms with Crippen molar-refractivity contribution in [3.63, 3.8) is 0 Å². The fourth-order valence-corrected chi connectivity index (χ4v) is 2.60. The molecule has 0 radical (unpaired) electrons. The van der Waals surface area contributed by atoms with Crippen LogP contribution in [0.2, 0.25) is 0 Å². The maximum atomic E-state index is 12.1. The molecule has 0 spiro atoms. The largest absolute Gasteiger partial charge is 0.478 e. The molecule has 1 aromatic rings. The van der Waals surface area contributed by atoms with Gasteiger partial charge in [-0.15, -0.1) is 0 Å². The monoisotopic (exact) mass is 259 g/mol. The van der Waals surface area contributed by atoms with Crippen molar-refractivity contribution in [1.82, 2.24) is 4.90 Å². The first-order chi connectivity index (χ1) is 9.13. The molecule has 1 N–H and O–H groups in total. The summed E-state index contributed by atoms with van der Waals surface area (Å²) in [6.07, 6.45) is 3.85. The van der Waals surface area contributed by atoms with E-state index in [9.17, 15) is 9.59 Å². The van der Waals surface area contributed by atoms with Gasteiger partial charge in [0.2, 0.25) is 5.91 Å². The summed E-state index contributed by atoms with van der Waals surface area (Å²) in [4.78, 5) is 24.9. The summed E-state index contributed by atoms with van der Waals surface area (Å²) in [5, 5.41) is 9.01. The number of rotatable bonds is 3. The number of carboxylic acid groups (broad SMARTS) is 1. The van der Waals surface area contributed by atoms with Crippen LogP contribution in [-0.2, 0) is 17.8 Å². The minimum Gasteiger partial charge on any atom is -0.478 e. The highest BCUT2D eigenvalue weighted by Gasteiger charge is 2.28. The summed E-state index contributed by atoms with van der Waals surface area (Å²) in [5.41, 5.74) is 2.45. The van der Waals surface area contributed by atoms with Crippen molar-refractivity contribution in [2.24, 2.45) is 5.92 Å². The first-order valence-electron chi connectivity index (χ1n) is 6.76. The summed E-state index contributed by atoms with van der Waals surface area (Å²) >= 11 is 0. The second-order valence-corrected chi connectivity index (χ2v) is 5.50. The van der Waals surface area contributed by atoms with Crippen molar-refractivity contribution in [3.05, 3.63) is 34.9 Å². The molecule has 2 aliphatic rings. The van der Waals surface area contributed by atoms with Crippen LogP contribution in [-0.4, -0.2) is 28.4 Å². The lowest BCUT2D eigenvalue weighted by atomic mass is 9.97. The molecule has 1 aliphatic heterocycles. The van der Waals surface area contributed by atoms with Crippen LogP contribution in [0.3, 0.4) is 0 Å². The van der Waals surface area contributed by atoms with Gasteiger partial charge in [0.1, 0.15) is 0 Å². The van der Waals surface area contributed by atoms with Gasteiger partial charge >= 0.3 is 5.97 Å². The molecule has 1 fully saturated rings. The average molecular weight is 259 g/mol. The zero-order valence-electron chi connectivity index (χ0n) is 10.8. The van der Waals surface area contributed by atoms with Crippen molar-refractivity contribution in [2.75, 3.05) is 6.54 Å². The molecule has 19 heavy (non-hydrogen) atoms. The molecule has 0 unspecified atom stereocenters. The van der Waals surface area contributed by atoms with E-state index < -0.39 is 5.97 Å². The maximum absolute atomic E-state index is 12.1. The second-order valence-electron chi connectivity index (χ2n) is 5.50. The van der Waals surface area contributed by atoms with E-state index >= 15 is 0 Å². The number of aromatic carboxylic acids is 1. The number of amides is 1. The predicted molar refractivity (Wildman–Crippen MR) is 69.9 cm³/mol. The van der Waals surface area contributed by atoms with Crippen LogP contribution in [0.15, 0.2) is 18.2 Å². The third-order valence-electron chi connectivity index (χ3n) is 3.98. The lowest BCUT2D eigenvalue weighted by Gasteiger charge is -2.29. The van der Waals surface area contributed by atoms with Gasteiger partial charge in [-0.2, -0.15) is 0 Å². The molecule has 1 amide bonds. The standard InChI is InChI=1S/C15H17NO3/c17-14(7-10-1-2-10)16-6-5-11-3-4-12(15(18)19)8-13(11)9-16/h3-4,8,10H,1-2,5-7,9H2,(H,18,19). The number of hydrogen-bond acceptors (Lipinski definition) is 2. The maximum Gasteiger partial charge on any atom is 0.335 e. The smallest absolute Gasteiger partial charge is 0.335 e. The number of hydrogen-bond donors (Lipinski definition) is 1. The molecular weight excluding hydrogens is 242 g/mol. The summed E-state index contributed by atoms with van der Waals surface area (Å²) in [6.45, 7) is 1.31. The lowest BCUT2D eigenvalue weighted by molar-refractivity contribution is -0.132. The molecule has 1 heterocycles. The third kappa shape index (κ3) is 2.62. The highest BCUT2D eigenvalue weighted by atomic mass is 16.4. The summed E-state index contributed by atoms with van der Waals surface area (Å²) in [6, 6.07) is 5.22. The number of benzene rings is 1. The Labute approximate surface area is 112 Å². The Morgan fingerprint density at radius 2 is 2.05 bits per heavy atom. The Morgan fingerprint density at radius 3 is 2.74 bits per heavy atom. The van der Waals surface area contributed by atoms with Crippen molar-refractivity contribution in [2.45, 2.75) is 32.2 Å². The van der Waals surface area contributed by atoms with E-state index in [0.29, 0.717) is 24.4 Å². The molecule has 4 heteroatoms. The fourth-order valence-electron chi connectivity index (χ4n) is 2.60. The zero-order valence-corrected chi connectivity index (χ0v) is 10.8. The molecule has 100 valence electrons. The Kier molecular flexibility index (Phi) is 3.01. The van der Waals surface area contributed by atoms with Crippen LogP contribution in [0.4, 0.5) is 0 Å². The van der Waals surface area contributed by atoms with Crippen LogP contribution in [0.1, 0.15) is 40.7 Å². The van der Waals surface area contributed by atoms with Gasteiger partial charge in [-0.05, 0) is 48.4 Å². The van der Waals surface area contributed by atoms with Gasteiger partial charge in [-0.1, -0.05) is 6.07 Å². The Hall–Kier alpha value is -1.84. The molecule has 0 saturated heterocycles. The Morgan fingerprint density at radius 1 is 1.26 bits per heavy atom. The molecule has 0 bridgehead atoms. The Bertz CT molecular complexity index is 534. The van der Waals surface area contributed by atoms with Crippen molar-refractivity contribution < 1.29 is 14.7 Å². The molecule has 4 nitrogen and oxygen atoms in total. The lowest BCUT2D eigenvalue weighted by Crippen LogP contribution is -2.36. The van der Waals surface area contributed by atoms with Crippen LogP contribution in [0.5, 0.6) is 0 Å². The minimum absolute atomic E-state index is 0.217.